The van der Waals surface area contributed by atoms with Gasteiger partial charge in [-0.3, -0.25) is 0 Å². The van der Waals surface area contributed by atoms with E-state index < -0.39 is 9.84 Å². The van der Waals surface area contributed by atoms with Crippen LogP contribution in [0.25, 0.3) is 0 Å². The molecule has 1 heterocycles. The molecule has 0 amide bonds. The molecule has 2 rings (SSSR count). The first-order valence-corrected chi connectivity index (χ1v) is 7.98. The molecule has 0 radical (unpaired) electrons. The fourth-order valence-electron chi connectivity index (χ4n) is 1.50. The molecule has 90 valence electrons. The predicted octanol–water partition coefficient (Wildman–Crippen LogP) is 2.30. The van der Waals surface area contributed by atoms with Crippen molar-refractivity contribution >= 4 is 21.2 Å². The highest BCUT2D eigenvalue weighted by atomic mass is 32.2. The highest BCUT2D eigenvalue weighted by molar-refractivity contribution is 7.90. The van der Waals surface area contributed by atoms with Crippen LogP contribution < -0.4 is 0 Å². The quantitative estimate of drug-likeness (QED) is 0.835. The van der Waals surface area contributed by atoms with Crippen molar-refractivity contribution in [2.75, 3.05) is 5.75 Å². The van der Waals surface area contributed by atoms with Gasteiger partial charge < -0.3 is 0 Å². The molecule has 0 unspecified atom stereocenters. The lowest BCUT2D eigenvalue weighted by atomic mass is 10.2. The average molecular weight is 267 g/mol. The molecule has 0 saturated carbocycles. The van der Waals surface area contributed by atoms with Gasteiger partial charge in [0.1, 0.15) is 10.8 Å². The van der Waals surface area contributed by atoms with Gasteiger partial charge in [0.05, 0.1) is 5.75 Å². The third kappa shape index (κ3) is 3.94. The summed E-state index contributed by atoms with van der Waals surface area (Å²) in [5, 5.41) is 2.46. The van der Waals surface area contributed by atoms with Crippen LogP contribution in [0.2, 0.25) is 0 Å². The number of aryl methyl sites for hydroxylation is 1. The molecule has 17 heavy (non-hydrogen) atoms. The van der Waals surface area contributed by atoms with Crippen LogP contribution >= 0.6 is 11.3 Å². The summed E-state index contributed by atoms with van der Waals surface area (Å²) >= 11 is 1.38. The van der Waals surface area contributed by atoms with E-state index in [2.05, 4.69) is 4.98 Å². The zero-order valence-electron chi connectivity index (χ0n) is 9.24. The molecule has 5 heteroatoms. The topological polar surface area (TPSA) is 47.0 Å². The average Bonchev–Trinajstić information content (AvgIpc) is 2.80. The Morgan fingerprint density at radius 1 is 1.18 bits per heavy atom. The minimum atomic E-state index is -3.05. The normalized spacial score (nSPS) is 11.5. The lowest BCUT2D eigenvalue weighted by molar-refractivity contribution is 0.594. The van der Waals surface area contributed by atoms with E-state index in [4.69, 9.17) is 0 Å². The molecule has 0 aliphatic carbocycles. The second-order valence-corrected chi connectivity index (χ2v) is 6.92. The number of rotatable bonds is 5. The fraction of sp³-hybridized carbons (Fsp3) is 0.250. The van der Waals surface area contributed by atoms with E-state index in [9.17, 15) is 8.42 Å². The van der Waals surface area contributed by atoms with Crippen LogP contribution in [0.4, 0.5) is 0 Å². The van der Waals surface area contributed by atoms with Crippen LogP contribution in [0.15, 0.2) is 41.9 Å². The summed E-state index contributed by atoms with van der Waals surface area (Å²) in [5.74, 6) is 0.230. The summed E-state index contributed by atoms with van der Waals surface area (Å²) < 4.78 is 23.7. The van der Waals surface area contributed by atoms with Crippen molar-refractivity contribution in [1.29, 1.82) is 0 Å². The van der Waals surface area contributed by atoms with Gasteiger partial charge in [-0.25, -0.2) is 13.4 Å². The summed E-state index contributed by atoms with van der Waals surface area (Å²) in [4.78, 5) is 4.00. The number of nitrogens with zero attached hydrogens (tertiary/aromatic N) is 1. The fourth-order valence-corrected chi connectivity index (χ4v) is 3.86. The Kier molecular flexibility index (Phi) is 3.91. The van der Waals surface area contributed by atoms with Crippen LogP contribution in [0.5, 0.6) is 0 Å². The summed E-state index contributed by atoms with van der Waals surface area (Å²) in [6.07, 6.45) is 2.20. The first kappa shape index (κ1) is 12.3. The zero-order valence-corrected chi connectivity index (χ0v) is 10.9. The first-order valence-electron chi connectivity index (χ1n) is 5.28. The largest absolute Gasteiger partial charge is 0.249 e. The van der Waals surface area contributed by atoms with E-state index in [1.807, 2.05) is 30.3 Å². The van der Waals surface area contributed by atoms with Gasteiger partial charge in [-0.1, -0.05) is 30.3 Å². The van der Waals surface area contributed by atoms with Crippen molar-refractivity contribution in [3.05, 3.63) is 52.5 Å². The maximum atomic E-state index is 11.8. The van der Waals surface area contributed by atoms with Gasteiger partial charge in [-0.15, -0.1) is 11.3 Å². The highest BCUT2D eigenvalue weighted by Gasteiger charge is 2.13. The lowest BCUT2D eigenvalue weighted by Crippen LogP contribution is -2.11. The Hall–Kier alpha value is -1.20. The molecule has 0 spiro atoms. The van der Waals surface area contributed by atoms with Gasteiger partial charge in [0.15, 0.2) is 9.84 Å². The summed E-state index contributed by atoms with van der Waals surface area (Å²) in [6.45, 7) is 0. The van der Waals surface area contributed by atoms with Gasteiger partial charge in [0, 0.05) is 11.6 Å². The minimum absolute atomic E-state index is 0.0531. The summed E-state index contributed by atoms with van der Waals surface area (Å²) in [7, 11) is -3.05. The number of hydrogen-bond donors (Lipinski definition) is 0. The molecular weight excluding hydrogens is 254 g/mol. The second kappa shape index (κ2) is 5.42. The standard InChI is InChI=1S/C12H13NO2S2/c14-17(15,10-12-13-7-8-16-12)9-6-11-4-2-1-3-5-11/h1-5,7-8H,6,9-10H2. The molecular formula is C12H13NO2S2. The molecule has 1 aromatic heterocycles. The van der Waals surface area contributed by atoms with Crippen molar-refractivity contribution in [2.45, 2.75) is 12.2 Å². The third-order valence-corrected chi connectivity index (χ3v) is 4.87. The summed E-state index contributed by atoms with van der Waals surface area (Å²) in [6, 6.07) is 9.65. The Balaban J connectivity index is 1.94. The molecule has 0 fully saturated rings. The van der Waals surface area contributed by atoms with E-state index in [1.165, 1.54) is 11.3 Å². The Labute approximate surface area is 105 Å². The van der Waals surface area contributed by atoms with Crippen LogP contribution in [0.3, 0.4) is 0 Å². The maximum Gasteiger partial charge on any atom is 0.157 e. The predicted molar refractivity (Wildman–Crippen MR) is 69.8 cm³/mol. The first-order chi connectivity index (χ1) is 8.16. The van der Waals surface area contributed by atoms with Gasteiger partial charge in [0.25, 0.3) is 0 Å². The lowest BCUT2D eigenvalue weighted by Gasteiger charge is -2.02. The zero-order chi connectivity index (χ0) is 12.1. The Morgan fingerprint density at radius 2 is 1.94 bits per heavy atom. The molecule has 0 aliphatic rings. The molecule has 0 saturated heterocycles. The van der Waals surface area contributed by atoms with Crippen LogP contribution in [-0.2, 0) is 22.0 Å². The van der Waals surface area contributed by atoms with Crippen molar-refractivity contribution in [2.24, 2.45) is 0 Å². The van der Waals surface area contributed by atoms with Gasteiger partial charge >= 0.3 is 0 Å². The van der Waals surface area contributed by atoms with E-state index in [1.54, 1.807) is 11.6 Å². The monoisotopic (exact) mass is 267 g/mol. The van der Waals surface area contributed by atoms with Crippen LogP contribution in [0, 0.1) is 0 Å². The highest BCUT2D eigenvalue weighted by Crippen LogP contribution is 2.11. The van der Waals surface area contributed by atoms with Crippen molar-refractivity contribution < 1.29 is 8.42 Å². The van der Waals surface area contributed by atoms with E-state index in [0.717, 1.165) is 5.56 Å². The SMILES string of the molecule is O=S(=O)(CCc1ccccc1)Cc1nccs1. The number of benzene rings is 1. The van der Waals surface area contributed by atoms with Gasteiger partial charge in [-0.2, -0.15) is 0 Å². The number of thiazole rings is 1. The van der Waals surface area contributed by atoms with Crippen molar-refractivity contribution in [1.82, 2.24) is 4.98 Å². The van der Waals surface area contributed by atoms with Crippen LogP contribution in [0.1, 0.15) is 10.6 Å². The minimum Gasteiger partial charge on any atom is -0.249 e. The van der Waals surface area contributed by atoms with Crippen LogP contribution in [-0.4, -0.2) is 19.2 Å². The van der Waals surface area contributed by atoms with Gasteiger partial charge in [0.2, 0.25) is 0 Å². The molecule has 3 nitrogen and oxygen atoms in total. The van der Waals surface area contributed by atoms with E-state index in [0.29, 0.717) is 11.4 Å². The smallest absolute Gasteiger partial charge is 0.157 e. The summed E-state index contributed by atoms with van der Waals surface area (Å²) in [5.41, 5.74) is 1.05. The Morgan fingerprint density at radius 3 is 2.59 bits per heavy atom. The third-order valence-electron chi connectivity index (χ3n) is 2.37. The van der Waals surface area contributed by atoms with Crippen molar-refractivity contribution in [3.63, 3.8) is 0 Å². The Bertz CT molecular complexity index is 547. The van der Waals surface area contributed by atoms with E-state index in [-0.39, 0.29) is 11.5 Å². The second-order valence-electron chi connectivity index (χ2n) is 3.75. The number of sulfone groups is 1. The molecule has 0 aliphatic heterocycles. The molecule has 0 atom stereocenters. The van der Waals surface area contributed by atoms with Crippen molar-refractivity contribution in [3.8, 4) is 0 Å². The van der Waals surface area contributed by atoms with Gasteiger partial charge in [-0.05, 0) is 12.0 Å². The molecule has 0 bridgehead atoms. The molecule has 0 N–H and O–H groups in total. The maximum absolute atomic E-state index is 11.8. The number of aromatic nitrogens is 1. The molecule has 1 aromatic carbocycles. The van der Waals surface area contributed by atoms with E-state index >= 15 is 0 Å². The molecule has 2 aromatic rings. The number of hydrogen-bond acceptors (Lipinski definition) is 4.